The molecule has 2 unspecified atom stereocenters. The van der Waals surface area contributed by atoms with E-state index in [-0.39, 0.29) is 5.92 Å². The molecule has 0 radical (unpaired) electrons. The van der Waals surface area contributed by atoms with Crippen LogP contribution in [0.15, 0.2) is 0 Å². The van der Waals surface area contributed by atoms with Crippen molar-refractivity contribution in [1.82, 2.24) is 0 Å². The molecule has 0 aromatic heterocycles. The molecular formula is C11H22F2O. The molecule has 3 heteroatoms. The van der Waals surface area contributed by atoms with E-state index in [1.807, 2.05) is 0 Å². The number of ether oxygens (including phenoxy) is 1. The molecule has 0 amide bonds. The second-order valence-electron chi connectivity index (χ2n) is 3.82. The third kappa shape index (κ3) is 5.53. The minimum Gasteiger partial charge on any atom is -0.384 e. The van der Waals surface area contributed by atoms with E-state index in [0.717, 1.165) is 0 Å². The van der Waals surface area contributed by atoms with Crippen molar-refractivity contribution in [3.05, 3.63) is 0 Å². The van der Waals surface area contributed by atoms with Gasteiger partial charge in [-0.25, -0.2) is 8.78 Å². The number of rotatable bonds is 3. The lowest BCUT2D eigenvalue weighted by Gasteiger charge is -2.04. The Morgan fingerprint density at radius 2 is 1.50 bits per heavy atom. The summed E-state index contributed by atoms with van der Waals surface area (Å²) in [5.74, 6) is 0.0926. The zero-order valence-electron chi connectivity index (χ0n) is 9.43. The second kappa shape index (κ2) is 8.16. The lowest BCUT2D eigenvalue weighted by atomic mass is 10.1. The van der Waals surface area contributed by atoms with E-state index in [1.54, 1.807) is 7.11 Å². The number of halogens is 2. The maximum atomic E-state index is 12.5. The Morgan fingerprint density at radius 1 is 1.07 bits per heavy atom. The molecule has 1 aliphatic rings. The van der Waals surface area contributed by atoms with Crippen molar-refractivity contribution < 1.29 is 13.5 Å². The number of hydrogen-bond acceptors (Lipinski definition) is 1. The molecule has 0 aromatic rings. The molecule has 0 bridgehead atoms. The van der Waals surface area contributed by atoms with Crippen LogP contribution in [0.2, 0.25) is 0 Å². The topological polar surface area (TPSA) is 9.23 Å². The van der Waals surface area contributed by atoms with Gasteiger partial charge < -0.3 is 4.74 Å². The van der Waals surface area contributed by atoms with Crippen LogP contribution in [0, 0.1) is 5.92 Å². The van der Waals surface area contributed by atoms with Gasteiger partial charge in [0.1, 0.15) is 12.3 Å². The van der Waals surface area contributed by atoms with E-state index in [0.29, 0.717) is 19.4 Å². The second-order valence-corrected chi connectivity index (χ2v) is 3.82. The van der Waals surface area contributed by atoms with E-state index >= 15 is 0 Å². The zero-order chi connectivity index (χ0) is 11.0. The number of hydrogen-bond donors (Lipinski definition) is 0. The SMILES string of the molecule is CCCC.COCC1CC(F)C(F)C1. The van der Waals surface area contributed by atoms with Gasteiger partial charge in [-0.3, -0.25) is 0 Å². The van der Waals surface area contributed by atoms with Crippen molar-refractivity contribution in [2.75, 3.05) is 13.7 Å². The Kier molecular flexibility index (Phi) is 8.05. The average Bonchev–Trinajstić information content (AvgIpc) is 2.47. The molecular weight excluding hydrogens is 186 g/mol. The molecule has 1 rings (SSSR count). The minimum atomic E-state index is -1.25. The van der Waals surface area contributed by atoms with Gasteiger partial charge >= 0.3 is 0 Å². The standard InChI is InChI=1S/C7H12F2O.C4H10/c1-10-4-5-2-6(8)7(9)3-5;1-3-4-2/h5-7H,2-4H2,1H3;3-4H2,1-2H3. The number of methoxy groups -OCH3 is 1. The molecule has 14 heavy (non-hydrogen) atoms. The highest BCUT2D eigenvalue weighted by Crippen LogP contribution is 2.30. The minimum absolute atomic E-state index is 0.0926. The van der Waals surface area contributed by atoms with Gasteiger partial charge in [0.05, 0.1) is 0 Å². The molecule has 1 fully saturated rings. The first-order chi connectivity index (χ1) is 6.65. The van der Waals surface area contributed by atoms with Gasteiger partial charge in [-0.15, -0.1) is 0 Å². The highest BCUT2D eigenvalue weighted by Gasteiger charge is 2.34. The molecule has 1 saturated carbocycles. The monoisotopic (exact) mass is 208 g/mol. The van der Waals surface area contributed by atoms with Crippen LogP contribution < -0.4 is 0 Å². The molecule has 0 heterocycles. The summed E-state index contributed by atoms with van der Waals surface area (Å²) in [6, 6.07) is 0. The summed E-state index contributed by atoms with van der Waals surface area (Å²) in [6.45, 7) is 4.85. The number of unbranched alkanes of at least 4 members (excludes halogenated alkanes) is 1. The van der Waals surface area contributed by atoms with Crippen LogP contribution in [0.1, 0.15) is 39.5 Å². The molecule has 86 valence electrons. The predicted molar refractivity (Wildman–Crippen MR) is 55.0 cm³/mol. The van der Waals surface area contributed by atoms with E-state index < -0.39 is 12.3 Å². The third-order valence-corrected chi connectivity index (χ3v) is 2.41. The molecule has 0 saturated heterocycles. The first-order valence-electron chi connectivity index (χ1n) is 5.42. The Labute approximate surface area is 85.8 Å². The van der Waals surface area contributed by atoms with Crippen LogP contribution in [-0.2, 0) is 4.74 Å². The van der Waals surface area contributed by atoms with Gasteiger partial charge in [0.15, 0.2) is 0 Å². The summed E-state index contributed by atoms with van der Waals surface area (Å²) in [5, 5.41) is 0. The van der Waals surface area contributed by atoms with Crippen molar-refractivity contribution in [1.29, 1.82) is 0 Å². The molecule has 1 aliphatic carbocycles. The van der Waals surface area contributed by atoms with Gasteiger partial charge in [-0.05, 0) is 18.8 Å². The Bertz CT molecular complexity index is 118. The van der Waals surface area contributed by atoms with Crippen LogP contribution >= 0.6 is 0 Å². The van der Waals surface area contributed by atoms with E-state index in [2.05, 4.69) is 13.8 Å². The van der Waals surface area contributed by atoms with Crippen LogP contribution in [0.5, 0.6) is 0 Å². The van der Waals surface area contributed by atoms with Crippen molar-refractivity contribution in [2.24, 2.45) is 5.92 Å². The fourth-order valence-corrected chi connectivity index (χ4v) is 1.40. The predicted octanol–water partition coefficient (Wildman–Crippen LogP) is 3.53. The Balaban J connectivity index is 0.000000364. The average molecular weight is 208 g/mol. The summed E-state index contributed by atoms with van der Waals surface area (Å²) in [4.78, 5) is 0. The molecule has 1 nitrogen and oxygen atoms in total. The molecule has 0 aliphatic heterocycles. The normalized spacial score (nSPS) is 31.1. The van der Waals surface area contributed by atoms with Gasteiger partial charge in [-0.1, -0.05) is 26.7 Å². The highest BCUT2D eigenvalue weighted by molar-refractivity contribution is 4.82. The maximum Gasteiger partial charge on any atom is 0.132 e. The van der Waals surface area contributed by atoms with Gasteiger partial charge in [0.2, 0.25) is 0 Å². The Morgan fingerprint density at radius 3 is 1.79 bits per heavy atom. The summed E-state index contributed by atoms with van der Waals surface area (Å²) in [5.41, 5.74) is 0. The molecule has 0 spiro atoms. The number of alkyl halides is 2. The Hall–Kier alpha value is -0.180. The zero-order valence-corrected chi connectivity index (χ0v) is 9.43. The molecule has 2 atom stereocenters. The smallest absolute Gasteiger partial charge is 0.132 e. The highest BCUT2D eigenvalue weighted by atomic mass is 19.2. The van der Waals surface area contributed by atoms with Crippen LogP contribution in [0.25, 0.3) is 0 Å². The molecule has 0 N–H and O–H groups in total. The fourth-order valence-electron chi connectivity index (χ4n) is 1.40. The maximum absolute atomic E-state index is 12.5. The lowest BCUT2D eigenvalue weighted by molar-refractivity contribution is 0.150. The van der Waals surface area contributed by atoms with E-state index in [9.17, 15) is 8.78 Å². The van der Waals surface area contributed by atoms with Crippen molar-refractivity contribution in [3.8, 4) is 0 Å². The first kappa shape index (κ1) is 13.8. The summed E-state index contributed by atoms with van der Waals surface area (Å²) >= 11 is 0. The van der Waals surface area contributed by atoms with Crippen LogP contribution in [-0.4, -0.2) is 26.1 Å². The summed E-state index contributed by atoms with van der Waals surface area (Å²) < 4.78 is 29.7. The molecule has 0 aromatic carbocycles. The van der Waals surface area contributed by atoms with Crippen LogP contribution in [0.4, 0.5) is 8.78 Å². The summed E-state index contributed by atoms with van der Waals surface area (Å²) in [7, 11) is 1.55. The summed E-state index contributed by atoms with van der Waals surface area (Å²) in [6.07, 6.45) is 0.796. The fraction of sp³-hybridized carbons (Fsp3) is 1.00. The first-order valence-corrected chi connectivity index (χ1v) is 5.42. The van der Waals surface area contributed by atoms with Gasteiger partial charge in [-0.2, -0.15) is 0 Å². The van der Waals surface area contributed by atoms with Gasteiger partial charge in [0, 0.05) is 13.7 Å². The quantitative estimate of drug-likeness (QED) is 0.689. The lowest BCUT2D eigenvalue weighted by Crippen LogP contribution is -2.06. The van der Waals surface area contributed by atoms with Crippen LogP contribution in [0.3, 0.4) is 0 Å². The van der Waals surface area contributed by atoms with E-state index in [4.69, 9.17) is 4.74 Å². The van der Waals surface area contributed by atoms with E-state index in [1.165, 1.54) is 12.8 Å². The van der Waals surface area contributed by atoms with Crippen molar-refractivity contribution in [3.63, 3.8) is 0 Å². The third-order valence-electron chi connectivity index (χ3n) is 2.41. The van der Waals surface area contributed by atoms with Crippen molar-refractivity contribution in [2.45, 2.75) is 51.9 Å². The van der Waals surface area contributed by atoms with Crippen molar-refractivity contribution >= 4 is 0 Å². The largest absolute Gasteiger partial charge is 0.384 e. The van der Waals surface area contributed by atoms with Gasteiger partial charge in [0.25, 0.3) is 0 Å².